The van der Waals surface area contributed by atoms with Crippen LogP contribution in [0.2, 0.25) is 0 Å². The summed E-state index contributed by atoms with van der Waals surface area (Å²) >= 11 is 3.42. The van der Waals surface area contributed by atoms with Gasteiger partial charge >= 0.3 is 14.2 Å². The van der Waals surface area contributed by atoms with E-state index in [2.05, 4.69) is 89.1 Å². The third-order valence-electron chi connectivity index (χ3n) is 7.73. The Kier molecular flexibility index (Phi) is 11.7. The van der Waals surface area contributed by atoms with E-state index in [0.29, 0.717) is 0 Å². The molecule has 9 heteroatoms. The number of nitrogens with two attached hydrogens (primary N) is 2. The van der Waals surface area contributed by atoms with Crippen LogP contribution in [0.1, 0.15) is 88.6 Å². The van der Waals surface area contributed by atoms with Crippen molar-refractivity contribution >= 4 is 41.1 Å². The van der Waals surface area contributed by atoms with Crippen LogP contribution >= 0.6 is 15.9 Å². The Balaban J connectivity index is 0.000000259. The summed E-state index contributed by atoms with van der Waals surface area (Å²) in [5.74, 6) is 8.48. The van der Waals surface area contributed by atoms with E-state index >= 15 is 0 Å². The second-order valence-electron chi connectivity index (χ2n) is 14.2. The van der Waals surface area contributed by atoms with Gasteiger partial charge in [-0.3, -0.25) is 0 Å². The highest BCUT2D eigenvalue weighted by Gasteiger charge is 2.52. The molecule has 0 amide bonds. The summed E-state index contributed by atoms with van der Waals surface area (Å²) in [7, 11) is -0.596. The van der Waals surface area contributed by atoms with Crippen LogP contribution in [-0.4, -0.2) is 47.7 Å². The molecular formula is C34H49B2BrN2O4. The first-order valence-corrected chi connectivity index (χ1v) is 15.3. The van der Waals surface area contributed by atoms with Gasteiger partial charge in [0.1, 0.15) is 0 Å². The van der Waals surface area contributed by atoms with Gasteiger partial charge in [0.15, 0.2) is 0 Å². The highest BCUT2D eigenvalue weighted by Crippen LogP contribution is 2.37. The zero-order valence-electron chi connectivity index (χ0n) is 28.0. The maximum Gasteiger partial charge on any atom is 0.494 e. The summed E-state index contributed by atoms with van der Waals surface area (Å²) in [5, 5.41) is 0. The Bertz CT molecular complexity index is 1290. The minimum Gasteiger partial charge on any atom is -0.399 e. The van der Waals surface area contributed by atoms with Crippen molar-refractivity contribution < 1.29 is 18.6 Å². The van der Waals surface area contributed by atoms with Gasteiger partial charge in [-0.15, -0.1) is 6.42 Å². The lowest BCUT2D eigenvalue weighted by Crippen LogP contribution is -2.41. The second kappa shape index (κ2) is 13.5. The standard InChI is InChI=1S/C17H24BNO2.C12H16BBrO2.C5H9N/c1-15(2,19)12-11-13-7-9-14(10-8-13)18-20-16(3,4)17(5,6)21-18;1-11(2)12(3,4)16-13(15-11)9-5-7-10(14)8-6-9;1-4-5(2,3)6/h7-10H,19H2,1-6H3;5-8H,1-4H3;1H,6H2,2-3H3. The Hall–Kier alpha value is -2.07. The smallest absolute Gasteiger partial charge is 0.399 e. The molecule has 2 aliphatic rings. The van der Waals surface area contributed by atoms with Crippen LogP contribution in [0.3, 0.4) is 0 Å². The van der Waals surface area contributed by atoms with Gasteiger partial charge in [-0.05, 0) is 118 Å². The van der Waals surface area contributed by atoms with Gasteiger partial charge in [0.05, 0.1) is 33.5 Å². The quantitative estimate of drug-likeness (QED) is 0.344. The first kappa shape index (κ1) is 37.1. The fraction of sp³-hybridized carbons (Fsp3) is 0.529. The van der Waals surface area contributed by atoms with Crippen molar-refractivity contribution in [2.75, 3.05) is 0 Å². The zero-order chi connectivity index (χ0) is 33.1. The molecule has 4 rings (SSSR count). The van der Waals surface area contributed by atoms with Crippen molar-refractivity contribution in [1.29, 1.82) is 0 Å². The van der Waals surface area contributed by atoms with Gasteiger partial charge in [-0.1, -0.05) is 58.0 Å². The van der Waals surface area contributed by atoms with E-state index in [-0.39, 0.29) is 36.6 Å². The minimum absolute atomic E-state index is 0.266. The van der Waals surface area contributed by atoms with E-state index in [1.54, 1.807) is 13.8 Å². The fourth-order valence-corrected chi connectivity index (χ4v) is 3.80. The first-order valence-electron chi connectivity index (χ1n) is 14.5. The number of hydrogen-bond donors (Lipinski definition) is 2. The molecular weight excluding hydrogens is 602 g/mol. The van der Waals surface area contributed by atoms with E-state index in [1.807, 2.05) is 62.4 Å². The van der Waals surface area contributed by atoms with Crippen LogP contribution < -0.4 is 22.4 Å². The average molecular weight is 651 g/mol. The molecule has 2 aromatic rings. The number of halogens is 1. The largest absolute Gasteiger partial charge is 0.494 e. The van der Waals surface area contributed by atoms with Crippen LogP contribution in [0.15, 0.2) is 53.0 Å². The SMILES string of the molecule is C#CC(C)(C)N.CC(C)(N)C#Cc1ccc(B2OC(C)(C)C(C)(C)O2)cc1.CC1(C)OB(c2ccc(Br)cc2)OC1(C)C. The van der Waals surface area contributed by atoms with Crippen molar-refractivity contribution in [3.8, 4) is 24.2 Å². The molecule has 232 valence electrons. The monoisotopic (exact) mass is 650 g/mol. The molecule has 2 aliphatic heterocycles. The van der Waals surface area contributed by atoms with E-state index in [9.17, 15) is 0 Å². The normalized spacial score (nSPS) is 19.6. The average Bonchev–Trinajstić information content (AvgIpc) is 3.23. The molecule has 6 nitrogen and oxygen atoms in total. The van der Waals surface area contributed by atoms with E-state index in [4.69, 9.17) is 36.5 Å². The van der Waals surface area contributed by atoms with Crippen LogP contribution in [0.25, 0.3) is 0 Å². The zero-order valence-corrected chi connectivity index (χ0v) is 29.6. The molecule has 0 atom stereocenters. The summed E-state index contributed by atoms with van der Waals surface area (Å²) in [6, 6.07) is 16.0. The van der Waals surface area contributed by atoms with E-state index < -0.39 is 11.1 Å². The van der Waals surface area contributed by atoms with Crippen LogP contribution in [-0.2, 0) is 18.6 Å². The second-order valence-corrected chi connectivity index (χ2v) is 15.1. The van der Waals surface area contributed by atoms with Crippen LogP contribution in [0.4, 0.5) is 0 Å². The summed E-state index contributed by atoms with van der Waals surface area (Å²) < 4.78 is 25.0. The molecule has 0 spiro atoms. The molecule has 0 aliphatic carbocycles. The summed E-state index contributed by atoms with van der Waals surface area (Å²) in [6.45, 7) is 23.8. The van der Waals surface area contributed by atoms with E-state index in [1.165, 1.54) is 0 Å². The first-order chi connectivity index (χ1) is 19.4. The molecule has 0 bridgehead atoms. The van der Waals surface area contributed by atoms with Crippen molar-refractivity contribution in [2.24, 2.45) is 11.5 Å². The summed E-state index contributed by atoms with van der Waals surface area (Å²) in [6.07, 6.45) is 4.93. The molecule has 0 unspecified atom stereocenters. The Morgan fingerprint density at radius 1 is 0.628 bits per heavy atom. The molecule has 2 saturated heterocycles. The van der Waals surface area contributed by atoms with Gasteiger partial charge in [0.2, 0.25) is 0 Å². The highest BCUT2D eigenvalue weighted by molar-refractivity contribution is 9.10. The Labute approximate surface area is 269 Å². The number of benzene rings is 2. The van der Waals surface area contributed by atoms with Crippen LogP contribution in [0, 0.1) is 24.2 Å². The molecule has 2 heterocycles. The maximum absolute atomic E-state index is 6.03. The minimum atomic E-state index is -0.482. The third kappa shape index (κ3) is 10.8. The van der Waals surface area contributed by atoms with Gasteiger partial charge in [-0.2, -0.15) is 0 Å². The molecule has 2 fully saturated rings. The molecule has 43 heavy (non-hydrogen) atoms. The third-order valence-corrected chi connectivity index (χ3v) is 8.26. The van der Waals surface area contributed by atoms with Gasteiger partial charge in [0, 0.05) is 10.0 Å². The Morgan fingerprint density at radius 2 is 0.930 bits per heavy atom. The number of hydrogen-bond acceptors (Lipinski definition) is 6. The van der Waals surface area contributed by atoms with E-state index in [0.717, 1.165) is 21.0 Å². The van der Waals surface area contributed by atoms with Crippen LogP contribution in [0.5, 0.6) is 0 Å². The number of rotatable bonds is 2. The molecule has 0 radical (unpaired) electrons. The van der Waals surface area contributed by atoms with Gasteiger partial charge < -0.3 is 30.1 Å². The van der Waals surface area contributed by atoms with Crippen molar-refractivity contribution in [3.63, 3.8) is 0 Å². The van der Waals surface area contributed by atoms with Gasteiger partial charge in [-0.25, -0.2) is 0 Å². The lowest BCUT2D eigenvalue weighted by Gasteiger charge is -2.32. The molecule has 0 aromatic heterocycles. The summed E-state index contributed by atoms with van der Waals surface area (Å²) in [5.41, 5.74) is 12.1. The summed E-state index contributed by atoms with van der Waals surface area (Å²) in [4.78, 5) is 0. The predicted molar refractivity (Wildman–Crippen MR) is 184 cm³/mol. The Morgan fingerprint density at radius 3 is 1.21 bits per heavy atom. The molecule has 0 saturated carbocycles. The van der Waals surface area contributed by atoms with Gasteiger partial charge in [0.25, 0.3) is 0 Å². The van der Waals surface area contributed by atoms with Crippen molar-refractivity contribution in [2.45, 2.75) is 117 Å². The molecule has 2 aromatic carbocycles. The molecule has 4 N–H and O–H groups in total. The maximum atomic E-state index is 6.03. The fourth-order valence-electron chi connectivity index (χ4n) is 3.54. The topological polar surface area (TPSA) is 89.0 Å². The van der Waals surface area contributed by atoms with Crippen molar-refractivity contribution in [1.82, 2.24) is 0 Å². The predicted octanol–water partition coefficient (Wildman–Crippen LogP) is 5.18. The number of terminal acetylenes is 1. The lowest BCUT2D eigenvalue weighted by molar-refractivity contribution is 0.00578. The van der Waals surface area contributed by atoms with Crippen molar-refractivity contribution in [3.05, 3.63) is 58.6 Å². The highest BCUT2D eigenvalue weighted by atomic mass is 79.9. The lowest BCUT2D eigenvalue weighted by atomic mass is 9.79.